The van der Waals surface area contributed by atoms with Gasteiger partial charge in [-0.05, 0) is 71.5 Å². The van der Waals surface area contributed by atoms with Gasteiger partial charge in [-0.25, -0.2) is 16.8 Å². The summed E-state index contributed by atoms with van der Waals surface area (Å²) in [5, 5.41) is 0.478. The molecule has 3 aromatic carbocycles. The van der Waals surface area contributed by atoms with E-state index in [2.05, 4.69) is 9.44 Å². The number of nitrogens with zero attached hydrogens (tertiary/aromatic N) is 1. The molecule has 1 aromatic heterocycles. The second kappa shape index (κ2) is 9.30. The van der Waals surface area contributed by atoms with Crippen molar-refractivity contribution >= 4 is 65.5 Å². The molecule has 0 unspecified atom stereocenters. The van der Waals surface area contributed by atoms with E-state index in [0.717, 1.165) is 17.1 Å². The second-order valence-electron chi connectivity index (χ2n) is 8.18. The molecule has 0 aliphatic carbocycles. The zero-order valence-corrected chi connectivity index (χ0v) is 22.1. The molecule has 0 bridgehead atoms. The summed E-state index contributed by atoms with van der Waals surface area (Å²) in [5.41, 5.74) is 1.54. The smallest absolute Gasteiger partial charge is 0.261 e. The maximum atomic E-state index is 13.1. The minimum atomic E-state index is -4.17. The normalized spacial score (nSPS) is 12.3. The Morgan fingerprint density at radius 2 is 1.43 bits per heavy atom. The van der Waals surface area contributed by atoms with Gasteiger partial charge in [-0.2, -0.15) is 0 Å². The predicted octanol–water partition coefficient (Wildman–Crippen LogP) is 4.98. The van der Waals surface area contributed by atoms with E-state index in [1.807, 2.05) is 13.8 Å². The highest BCUT2D eigenvalue weighted by atomic mass is 35.5. The Labute approximate surface area is 212 Å². The number of halogens is 1. The Hall–Kier alpha value is -2.86. The largest absolute Gasteiger partial charge is 0.297 e. The standard InChI is InChI=1S/C23H22ClN3O5S3/c1-14(2)15-4-7-17(8-5-15)34(29,30)25-20-10-6-16(24)12-21(20)26-35(31,32)18-9-11-22-19(13-18)23(28)33-27(22)3/h4-14,25-26H,1-3H3. The van der Waals surface area contributed by atoms with Gasteiger partial charge in [-0.15, -0.1) is 0 Å². The van der Waals surface area contributed by atoms with Crippen LogP contribution in [0, 0.1) is 0 Å². The molecule has 0 atom stereocenters. The molecule has 0 radical (unpaired) electrons. The number of rotatable bonds is 7. The van der Waals surface area contributed by atoms with E-state index in [1.54, 1.807) is 29.2 Å². The minimum Gasteiger partial charge on any atom is -0.297 e. The number of fused-ring (bicyclic) bond motifs is 1. The van der Waals surface area contributed by atoms with E-state index in [1.165, 1.54) is 42.5 Å². The van der Waals surface area contributed by atoms with E-state index in [-0.39, 0.29) is 42.2 Å². The molecule has 4 rings (SSSR count). The van der Waals surface area contributed by atoms with Crippen LogP contribution in [0.3, 0.4) is 0 Å². The molecule has 4 aromatic rings. The lowest BCUT2D eigenvalue weighted by Gasteiger charge is -2.15. The third-order valence-corrected chi connectivity index (χ3v) is 9.22. The quantitative estimate of drug-likeness (QED) is 0.336. The number of sulfonamides is 2. The highest BCUT2D eigenvalue weighted by Gasteiger charge is 2.21. The van der Waals surface area contributed by atoms with Crippen LogP contribution in [0.5, 0.6) is 0 Å². The minimum absolute atomic E-state index is 0.00145. The summed E-state index contributed by atoms with van der Waals surface area (Å²) in [6.45, 7) is 4.00. The van der Waals surface area contributed by atoms with E-state index < -0.39 is 20.0 Å². The van der Waals surface area contributed by atoms with Crippen molar-refractivity contribution in [2.45, 2.75) is 29.6 Å². The topological polar surface area (TPSA) is 114 Å². The summed E-state index contributed by atoms with van der Waals surface area (Å²) in [5.74, 6) is 0.241. The van der Waals surface area contributed by atoms with Crippen molar-refractivity contribution in [1.29, 1.82) is 0 Å². The Kier molecular flexibility index (Phi) is 6.71. The van der Waals surface area contributed by atoms with Crippen molar-refractivity contribution in [3.8, 4) is 0 Å². The highest BCUT2D eigenvalue weighted by Crippen LogP contribution is 2.31. The summed E-state index contributed by atoms with van der Waals surface area (Å²) in [4.78, 5) is 12.1. The molecule has 0 saturated heterocycles. The number of aromatic nitrogens is 1. The van der Waals surface area contributed by atoms with Crippen molar-refractivity contribution < 1.29 is 16.8 Å². The molecule has 0 aliphatic heterocycles. The number of benzene rings is 3. The number of hydrogen-bond acceptors (Lipinski definition) is 6. The van der Waals surface area contributed by atoms with Crippen LogP contribution in [0.15, 0.2) is 75.2 Å². The van der Waals surface area contributed by atoms with Gasteiger partial charge in [-0.1, -0.05) is 37.6 Å². The lowest BCUT2D eigenvalue weighted by Crippen LogP contribution is -2.18. The van der Waals surface area contributed by atoms with Crippen LogP contribution >= 0.6 is 23.1 Å². The van der Waals surface area contributed by atoms with Crippen LogP contribution in [0.4, 0.5) is 11.4 Å². The van der Waals surface area contributed by atoms with Gasteiger partial charge in [0.2, 0.25) is 0 Å². The molecule has 1 heterocycles. The SMILES string of the molecule is CC(C)c1ccc(S(=O)(=O)Nc2ccc(Cl)cc2NS(=O)(=O)c2ccc3c(c2)c(=O)sn3C)cc1. The van der Waals surface area contributed by atoms with Gasteiger partial charge in [0.25, 0.3) is 24.8 Å². The molecule has 0 aliphatic rings. The fourth-order valence-electron chi connectivity index (χ4n) is 3.47. The number of nitrogens with one attached hydrogen (secondary N) is 2. The summed E-state index contributed by atoms with van der Waals surface area (Å²) in [6, 6.07) is 14.8. The number of aryl methyl sites for hydroxylation is 1. The van der Waals surface area contributed by atoms with E-state index >= 15 is 0 Å². The molecule has 2 N–H and O–H groups in total. The zero-order chi connectivity index (χ0) is 25.5. The van der Waals surface area contributed by atoms with Crippen molar-refractivity contribution in [3.05, 3.63) is 80.8 Å². The van der Waals surface area contributed by atoms with Crippen LogP contribution in [0.1, 0.15) is 25.3 Å². The maximum Gasteiger partial charge on any atom is 0.261 e. The molecule has 0 fully saturated rings. The van der Waals surface area contributed by atoms with Crippen LogP contribution in [0.25, 0.3) is 10.9 Å². The Balaban J connectivity index is 1.68. The first-order chi connectivity index (χ1) is 16.4. The second-order valence-corrected chi connectivity index (χ2v) is 13.1. The lowest BCUT2D eigenvalue weighted by molar-refractivity contribution is 0.599. The Bertz CT molecular complexity index is 1690. The molecule has 8 nitrogen and oxygen atoms in total. The molecule has 184 valence electrons. The Morgan fingerprint density at radius 1 is 0.829 bits per heavy atom. The first-order valence-corrected chi connectivity index (χ1v) is 14.5. The van der Waals surface area contributed by atoms with Gasteiger partial charge in [0.1, 0.15) is 0 Å². The molecular weight excluding hydrogens is 530 g/mol. The van der Waals surface area contributed by atoms with Crippen LogP contribution in [-0.2, 0) is 27.1 Å². The van der Waals surface area contributed by atoms with Gasteiger partial charge in [0.05, 0.1) is 32.1 Å². The lowest BCUT2D eigenvalue weighted by atomic mass is 10.0. The van der Waals surface area contributed by atoms with E-state index in [9.17, 15) is 21.6 Å². The molecule has 0 saturated carbocycles. The summed E-state index contributed by atoms with van der Waals surface area (Å²) >= 11 is 7.04. The highest BCUT2D eigenvalue weighted by molar-refractivity contribution is 7.93. The van der Waals surface area contributed by atoms with Crippen LogP contribution in [-0.4, -0.2) is 20.8 Å². The Morgan fingerprint density at radius 3 is 2.09 bits per heavy atom. The fraction of sp³-hybridized carbons (Fsp3) is 0.174. The average molecular weight is 552 g/mol. The summed E-state index contributed by atoms with van der Waals surface area (Å²) < 4.78 is 58.4. The number of anilines is 2. The van der Waals surface area contributed by atoms with Gasteiger partial charge in [0.15, 0.2) is 0 Å². The van der Waals surface area contributed by atoms with Crippen molar-refractivity contribution in [3.63, 3.8) is 0 Å². The van der Waals surface area contributed by atoms with E-state index in [0.29, 0.717) is 5.52 Å². The van der Waals surface area contributed by atoms with Gasteiger partial charge in [-0.3, -0.25) is 18.2 Å². The molecule has 0 amide bonds. The molecular formula is C23H22ClN3O5S3. The maximum absolute atomic E-state index is 13.1. The average Bonchev–Trinajstić information content (AvgIpc) is 3.08. The zero-order valence-electron chi connectivity index (χ0n) is 18.9. The monoisotopic (exact) mass is 551 g/mol. The first-order valence-electron chi connectivity index (χ1n) is 10.4. The van der Waals surface area contributed by atoms with Crippen molar-refractivity contribution in [2.24, 2.45) is 7.05 Å². The van der Waals surface area contributed by atoms with Crippen molar-refractivity contribution in [2.75, 3.05) is 9.44 Å². The third kappa shape index (κ3) is 5.22. The third-order valence-electron chi connectivity index (χ3n) is 5.38. The molecule has 0 spiro atoms. The van der Waals surface area contributed by atoms with Gasteiger partial charge >= 0.3 is 0 Å². The van der Waals surface area contributed by atoms with Gasteiger partial charge < -0.3 is 0 Å². The summed E-state index contributed by atoms with van der Waals surface area (Å²) in [6.07, 6.45) is 0. The van der Waals surface area contributed by atoms with Crippen LogP contribution in [0.2, 0.25) is 5.02 Å². The van der Waals surface area contributed by atoms with Gasteiger partial charge in [0, 0.05) is 12.1 Å². The summed E-state index contributed by atoms with van der Waals surface area (Å²) in [7, 11) is -6.48. The van der Waals surface area contributed by atoms with E-state index in [4.69, 9.17) is 11.6 Å². The predicted molar refractivity (Wildman–Crippen MR) is 141 cm³/mol. The molecule has 35 heavy (non-hydrogen) atoms. The fourth-order valence-corrected chi connectivity index (χ4v) is 6.59. The van der Waals surface area contributed by atoms with Crippen molar-refractivity contribution in [1.82, 2.24) is 3.96 Å². The van der Waals surface area contributed by atoms with Crippen LogP contribution < -0.4 is 14.2 Å². The number of hydrogen-bond donors (Lipinski definition) is 2. The first kappa shape index (κ1) is 25.2. The molecule has 12 heteroatoms.